The number of fused-ring (bicyclic) bond motifs is 1. The Balaban J connectivity index is 1.20. The molecule has 0 spiro atoms. The number of carbonyl (C=O) groups is 1. The molecule has 0 bridgehead atoms. The number of likely N-dealkylation sites (tertiary alicyclic amines) is 1. The number of imidazole rings is 1. The van der Waals surface area contributed by atoms with E-state index in [0.717, 1.165) is 38.8 Å². The molecule has 0 atom stereocenters. The van der Waals surface area contributed by atoms with Crippen molar-refractivity contribution in [3.05, 3.63) is 36.2 Å². The van der Waals surface area contributed by atoms with Gasteiger partial charge in [-0.2, -0.15) is 9.97 Å². The molecule has 3 aromatic rings. The van der Waals surface area contributed by atoms with Crippen LogP contribution >= 0.6 is 0 Å². The van der Waals surface area contributed by atoms with Gasteiger partial charge in [-0.05, 0) is 63.7 Å². The molecule has 40 heavy (non-hydrogen) atoms. The van der Waals surface area contributed by atoms with Gasteiger partial charge in [0.15, 0.2) is 5.82 Å². The second-order valence-electron chi connectivity index (χ2n) is 10.8. The van der Waals surface area contributed by atoms with Gasteiger partial charge in [0.05, 0.1) is 30.8 Å². The molecule has 2 saturated heterocycles. The number of carbonyl (C=O) groups excluding carboxylic acids is 1. The fourth-order valence-electron chi connectivity index (χ4n) is 5.97. The lowest BCUT2D eigenvalue weighted by Gasteiger charge is -2.31. The summed E-state index contributed by atoms with van der Waals surface area (Å²) in [5.74, 6) is 1.18. The summed E-state index contributed by atoms with van der Waals surface area (Å²) in [6.45, 7) is 4.95. The van der Waals surface area contributed by atoms with Crippen LogP contribution in [0.2, 0.25) is 0 Å². The minimum atomic E-state index is -2.76. The fourth-order valence-corrected chi connectivity index (χ4v) is 5.97. The Hall–Kier alpha value is -3.38. The number of rotatable bonds is 8. The smallest absolute Gasteiger partial charge is 0.296 e. The Kier molecular flexibility index (Phi) is 8.05. The largest absolute Gasteiger partial charge is 0.378 e. The number of amides is 1. The van der Waals surface area contributed by atoms with E-state index in [1.807, 2.05) is 0 Å². The maximum Gasteiger partial charge on any atom is 0.296 e. The van der Waals surface area contributed by atoms with Gasteiger partial charge in [0, 0.05) is 31.2 Å². The van der Waals surface area contributed by atoms with Crippen molar-refractivity contribution in [2.75, 3.05) is 56.2 Å². The number of hydrogen-bond donors (Lipinski definition) is 2. The van der Waals surface area contributed by atoms with Gasteiger partial charge in [0.1, 0.15) is 11.6 Å². The summed E-state index contributed by atoms with van der Waals surface area (Å²) < 4.78 is 35.2. The third-order valence-electron chi connectivity index (χ3n) is 8.04. The van der Waals surface area contributed by atoms with Gasteiger partial charge in [0.2, 0.25) is 11.9 Å². The van der Waals surface area contributed by atoms with Gasteiger partial charge < -0.3 is 20.3 Å². The molecule has 3 aliphatic rings. The van der Waals surface area contributed by atoms with Crippen molar-refractivity contribution in [2.45, 2.75) is 57.0 Å². The highest BCUT2D eigenvalue weighted by molar-refractivity contribution is 5.79. The summed E-state index contributed by atoms with van der Waals surface area (Å²) in [5, 5.41) is 6.67. The molecule has 2 N–H and O–H groups in total. The summed E-state index contributed by atoms with van der Waals surface area (Å²) in [6, 6.07) is 9.13. The number of nitrogens with one attached hydrogen (secondary N) is 2. The van der Waals surface area contributed by atoms with Crippen LogP contribution in [0.4, 0.5) is 20.5 Å². The molecule has 6 rings (SSSR count). The molecule has 12 heteroatoms. The third kappa shape index (κ3) is 6.02. The molecule has 1 aromatic carbocycles. The predicted molar refractivity (Wildman–Crippen MR) is 148 cm³/mol. The highest BCUT2D eigenvalue weighted by Crippen LogP contribution is 2.30. The fraction of sp³-hybridized carbons (Fsp3) is 0.571. The topological polar surface area (TPSA) is 100 Å². The summed E-state index contributed by atoms with van der Waals surface area (Å²) in [4.78, 5) is 30.5. The molecule has 1 saturated carbocycles. The number of para-hydroxylation sites is 2. The van der Waals surface area contributed by atoms with Crippen LogP contribution in [0.15, 0.2) is 30.3 Å². The van der Waals surface area contributed by atoms with Crippen LogP contribution in [0.25, 0.3) is 16.9 Å². The SMILES string of the molecule is O=C(CN1CCCC1)N[C@H]1CC[C@H](Nc2nc(N3CCOCC3)cc(-n3c(C(F)F)nc4ccccc43)n2)CC1. The molecular formula is C28H36F2N8O2. The quantitative estimate of drug-likeness (QED) is 0.436. The minimum absolute atomic E-state index is 0.104. The first kappa shape index (κ1) is 26.8. The van der Waals surface area contributed by atoms with E-state index in [9.17, 15) is 13.6 Å². The van der Waals surface area contributed by atoms with E-state index in [4.69, 9.17) is 14.7 Å². The maximum atomic E-state index is 14.1. The second-order valence-corrected chi connectivity index (χ2v) is 10.8. The van der Waals surface area contributed by atoms with E-state index in [2.05, 4.69) is 25.4 Å². The van der Waals surface area contributed by atoms with Crippen LogP contribution in [0.1, 0.15) is 50.8 Å². The minimum Gasteiger partial charge on any atom is -0.378 e. The summed E-state index contributed by atoms with van der Waals surface area (Å²) in [5.41, 5.74) is 1.06. The first-order valence-corrected chi connectivity index (χ1v) is 14.3. The Bertz CT molecular complexity index is 1310. The molecule has 4 heterocycles. The Labute approximate surface area is 232 Å². The lowest BCUT2D eigenvalue weighted by Crippen LogP contribution is -2.44. The lowest BCUT2D eigenvalue weighted by atomic mass is 9.91. The summed E-state index contributed by atoms with van der Waals surface area (Å²) in [6.07, 6.45) is 3.00. The molecule has 1 amide bonds. The van der Waals surface area contributed by atoms with E-state index < -0.39 is 6.43 Å². The molecular weight excluding hydrogens is 518 g/mol. The summed E-state index contributed by atoms with van der Waals surface area (Å²) >= 11 is 0. The highest BCUT2D eigenvalue weighted by Gasteiger charge is 2.26. The molecule has 2 aliphatic heterocycles. The number of halogens is 2. The van der Waals surface area contributed by atoms with Gasteiger partial charge in [-0.1, -0.05) is 12.1 Å². The molecule has 0 unspecified atom stereocenters. The number of alkyl halides is 2. The van der Waals surface area contributed by atoms with Crippen LogP contribution in [-0.2, 0) is 9.53 Å². The maximum absolute atomic E-state index is 14.1. The molecule has 10 nitrogen and oxygen atoms in total. The van der Waals surface area contributed by atoms with E-state index >= 15 is 0 Å². The van der Waals surface area contributed by atoms with Crippen molar-refractivity contribution in [3.63, 3.8) is 0 Å². The highest BCUT2D eigenvalue weighted by atomic mass is 19.3. The number of anilines is 2. The van der Waals surface area contributed by atoms with Crippen LogP contribution in [0.5, 0.6) is 0 Å². The van der Waals surface area contributed by atoms with Gasteiger partial charge in [0.25, 0.3) is 6.43 Å². The van der Waals surface area contributed by atoms with Crippen molar-refractivity contribution in [2.24, 2.45) is 0 Å². The van der Waals surface area contributed by atoms with Crippen LogP contribution in [0.3, 0.4) is 0 Å². The molecule has 0 radical (unpaired) electrons. The third-order valence-corrected chi connectivity index (χ3v) is 8.04. The number of ether oxygens (including phenoxy) is 1. The zero-order valence-corrected chi connectivity index (χ0v) is 22.6. The zero-order chi connectivity index (χ0) is 27.5. The van der Waals surface area contributed by atoms with Gasteiger partial charge >= 0.3 is 0 Å². The van der Waals surface area contributed by atoms with Crippen LogP contribution in [-0.4, -0.2) is 88.3 Å². The van der Waals surface area contributed by atoms with Gasteiger partial charge in [-0.25, -0.2) is 13.8 Å². The predicted octanol–water partition coefficient (Wildman–Crippen LogP) is 3.52. The Morgan fingerprint density at radius 3 is 2.40 bits per heavy atom. The van der Waals surface area contributed by atoms with Crippen molar-refractivity contribution in [1.82, 2.24) is 29.7 Å². The first-order valence-electron chi connectivity index (χ1n) is 14.3. The van der Waals surface area contributed by atoms with Crippen molar-refractivity contribution in [3.8, 4) is 5.82 Å². The molecule has 1 aliphatic carbocycles. The average molecular weight is 555 g/mol. The van der Waals surface area contributed by atoms with Crippen molar-refractivity contribution in [1.29, 1.82) is 0 Å². The Morgan fingerprint density at radius 2 is 1.65 bits per heavy atom. The number of nitrogens with zero attached hydrogens (tertiary/aromatic N) is 6. The molecule has 2 aromatic heterocycles. The van der Waals surface area contributed by atoms with E-state index in [1.54, 1.807) is 30.3 Å². The summed E-state index contributed by atoms with van der Waals surface area (Å²) in [7, 11) is 0. The zero-order valence-electron chi connectivity index (χ0n) is 22.6. The number of morpholine rings is 1. The Morgan fingerprint density at radius 1 is 0.950 bits per heavy atom. The number of benzene rings is 1. The molecule has 3 fully saturated rings. The van der Waals surface area contributed by atoms with Gasteiger partial charge in [-0.15, -0.1) is 0 Å². The first-order chi connectivity index (χ1) is 19.5. The van der Waals surface area contributed by atoms with E-state index in [-0.39, 0.29) is 23.8 Å². The number of hydrogen-bond acceptors (Lipinski definition) is 8. The van der Waals surface area contributed by atoms with Crippen LogP contribution < -0.4 is 15.5 Å². The molecule has 214 valence electrons. The normalized spacial score (nSPS) is 22.2. The van der Waals surface area contributed by atoms with E-state index in [0.29, 0.717) is 61.5 Å². The van der Waals surface area contributed by atoms with Gasteiger partial charge in [-0.3, -0.25) is 14.3 Å². The average Bonchev–Trinajstić information content (AvgIpc) is 3.62. The monoisotopic (exact) mass is 554 g/mol. The van der Waals surface area contributed by atoms with Crippen molar-refractivity contribution >= 4 is 28.7 Å². The van der Waals surface area contributed by atoms with E-state index in [1.165, 1.54) is 17.4 Å². The second kappa shape index (κ2) is 12.0. The van der Waals surface area contributed by atoms with Crippen LogP contribution in [0, 0.1) is 0 Å². The van der Waals surface area contributed by atoms with Crippen molar-refractivity contribution < 1.29 is 18.3 Å². The standard InChI is InChI=1S/C28H36F2N8O2/c29-26(30)27-33-21-5-1-2-6-22(21)38(27)24-17-23(37-13-15-40-16-14-37)34-28(35-24)32-20-9-7-19(8-10-20)31-25(39)18-36-11-3-4-12-36/h1-2,5-6,17,19-20,26H,3-4,7-16,18H2,(H,31,39)(H,32,34,35)/t19-,20-. The number of aromatic nitrogens is 4. The lowest BCUT2D eigenvalue weighted by molar-refractivity contribution is -0.122.